The van der Waals surface area contributed by atoms with Crippen molar-refractivity contribution in [3.05, 3.63) is 135 Å². The zero-order valence-electron chi connectivity index (χ0n) is 30.3. The first-order valence-electron chi connectivity index (χ1n) is 16.8. The molecule has 3 aromatic carbocycles. The molecule has 0 saturated carbocycles. The van der Waals surface area contributed by atoms with Crippen molar-refractivity contribution >= 4 is 24.6 Å². The average Bonchev–Trinajstić information content (AvgIpc) is 3.36. The highest BCUT2D eigenvalue weighted by molar-refractivity contribution is 6.33. The Morgan fingerprint density at radius 3 is 1.57 bits per heavy atom. The molecular weight excluding hydrogens is 627 g/mol. The molecule has 49 heavy (non-hydrogen) atoms. The van der Waals surface area contributed by atoms with E-state index < -0.39 is 7.54 Å². The normalized spacial score (nSPS) is 12.1. The third-order valence-corrected chi connectivity index (χ3v) is 7.70. The summed E-state index contributed by atoms with van der Waals surface area (Å²) in [6, 6.07) is 21.9. The maximum Gasteiger partial charge on any atom is 0.762 e. The van der Waals surface area contributed by atoms with Gasteiger partial charge in [0.25, 0.3) is 0 Å². The van der Waals surface area contributed by atoms with Crippen LogP contribution < -0.4 is 20.8 Å². The Labute approximate surface area is 291 Å². The lowest BCUT2D eigenvalue weighted by atomic mass is 9.92. The average molecular weight is 680 g/mol. The fourth-order valence-electron chi connectivity index (χ4n) is 5.32. The minimum absolute atomic E-state index is 0. The molecule has 1 aliphatic carbocycles. The summed E-state index contributed by atoms with van der Waals surface area (Å²) in [4.78, 5) is 12.1. The van der Waals surface area contributed by atoms with Crippen LogP contribution in [0.2, 0.25) is 0 Å². The molecule has 0 radical (unpaired) electrons. The van der Waals surface area contributed by atoms with E-state index in [0.717, 1.165) is 23.6 Å². The minimum Gasteiger partial charge on any atom is -1.00 e. The summed E-state index contributed by atoms with van der Waals surface area (Å²) >= 11 is 0. The molecule has 0 heterocycles. The van der Waals surface area contributed by atoms with Gasteiger partial charge in [-0.05, 0) is 71.1 Å². The Morgan fingerprint density at radius 2 is 1.12 bits per heavy atom. The highest BCUT2D eigenvalue weighted by atomic mass is 19.4. The quantitative estimate of drug-likeness (QED) is 0.166. The second-order valence-electron chi connectivity index (χ2n) is 12.7. The lowest BCUT2D eigenvalue weighted by molar-refractivity contribution is -0.0000139. The van der Waals surface area contributed by atoms with Crippen LogP contribution in [0.5, 0.6) is 0 Å². The van der Waals surface area contributed by atoms with Crippen molar-refractivity contribution in [3.63, 3.8) is 0 Å². The number of hydrogen-bond donors (Lipinski definition) is 2. The van der Waals surface area contributed by atoms with Gasteiger partial charge in [-0.1, -0.05) is 128 Å². The van der Waals surface area contributed by atoms with Crippen LogP contribution in [0.3, 0.4) is 0 Å². The van der Waals surface area contributed by atoms with Crippen LogP contribution in [0.1, 0.15) is 115 Å². The van der Waals surface area contributed by atoms with Gasteiger partial charge in [0, 0.05) is 17.8 Å². The number of ether oxygens (including phenoxy) is 1. The first kappa shape index (κ1) is 42.8. The van der Waals surface area contributed by atoms with Gasteiger partial charge in [0.1, 0.15) is 5.76 Å². The molecule has 0 unspecified atom stereocenters. The third kappa shape index (κ3) is 13.6. The number of halogens is 4. The van der Waals surface area contributed by atoms with Crippen LogP contribution in [-0.4, -0.2) is 14.2 Å². The monoisotopic (exact) mass is 679 g/mol. The van der Waals surface area contributed by atoms with E-state index in [1.165, 1.54) is 27.9 Å². The summed E-state index contributed by atoms with van der Waals surface area (Å²) in [5.41, 5.74) is 9.19. The lowest BCUT2D eigenvalue weighted by Crippen LogP contribution is -3.00. The smallest absolute Gasteiger partial charge is 0.762 e. The van der Waals surface area contributed by atoms with Crippen LogP contribution >= 0.6 is 0 Å². The van der Waals surface area contributed by atoms with Gasteiger partial charge in [-0.3, -0.25) is 17.7 Å². The Bertz CT molecular complexity index is 1550. The van der Waals surface area contributed by atoms with Crippen molar-refractivity contribution in [3.8, 4) is 0 Å². The molecule has 0 saturated heterocycles. The van der Waals surface area contributed by atoms with Crippen molar-refractivity contribution in [2.75, 3.05) is 17.2 Å². The van der Waals surface area contributed by atoms with Gasteiger partial charge < -0.3 is 20.1 Å². The first-order valence-corrected chi connectivity index (χ1v) is 16.8. The van der Waals surface area contributed by atoms with Crippen LogP contribution in [0, 0.1) is 0 Å². The van der Waals surface area contributed by atoms with Crippen molar-refractivity contribution < 1.29 is 22.4 Å². The molecule has 4 rings (SSSR count). The Hall–Kier alpha value is -4.27. The standard InChI is InChI=1S/C21H29NO.C19H23NO.BF3.FH/c1-6-23-20-14-9-7-8-13-19(20)22-21-17(15(2)3)11-10-12-18(21)16(4)5;1-13(2)15-9-8-10-16(14(3)4)19(15)20-17-11-6-5-7-12-18(17)21;2-1(3)4;/h7-13,15-16,22H,6,14H2,1-5H3;5-14H,1-4H3,(H,20,21);;1H/p-1. The largest absolute Gasteiger partial charge is 1.00 e. The van der Waals surface area contributed by atoms with Crippen molar-refractivity contribution in [1.29, 1.82) is 0 Å². The van der Waals surface area contributed by atoms with Crippen molar-refractivity contribution in [2.24, 2.45) is 0 Å². The molecule has 4 nitrogen and oxygen atoms in total. The number of nitrogens with one attached hydrogen (secondary N) is 2. The molecule has 0 fully saturated rings. The number of benzene rings is 2. The fourth-order valence-corrected chi connectivity index (χ4v) is 5.32. The second kappa shape index (κ2) is 21.7. The van der Waals surface area contributed by atoms with E-state index in [1.807, 2.05) is 25.1 Å². The van der Waals surface area contributed by atoms with Crippen molar-refractivity contribution in [1.82, 2.24) is 0 Å². The second-order valence-corrected chi connectivity index (χ2v) is 12.7. The molecule has 0 aromatic heterocycles. The summed E-state index contributed by atoms with van der Waals surface area (Å²) in [5.74, 6) is 2.75. The highest BCUT2D eigenvalue weighted by Crippen LogP contribution is 2.35. The van der Waals surface area contributed by atoms with Gasteiger partial charge in [-0.15, -0.1) is 0 Å². The predicted molar refractivity (Wildman–Crippen MR) is 199 cm³/mol. The summed E-state index contributed by atoms with van der Waals surface area (Å²) in [5, 5.41) is 7.06. The van der Waals surface area contributed by atoms with Crippen molar-refractivity contribution in [2.45, 2.75) is 92.4 Å². The lowest BCUT2D eigenvalue weighted by Gasteiger charge is -2.22. The number of anilines is 3. The molecule has 266 valence electrons. The number of allylic oxidation sites excluding steroid dienone is 4. The Balaban J connectivity index is 0.000000435. The van der Waals surface area contributed by atoms with E-state index in [1.54, 1.807) is 12.1 Å². The van der Waals surface area contributed by atoms with Gasteiger partial charge >= 0.3 is 7.54 Å². The fraction of sp³-hybridized carbons (Fsp3) is 0.375. The number of para-hydroxylation sites is 2. The molecule has 0 spiro atoms. The molecule has 1 aliphatic rings. The van der Waals surface area contributed by atoms with Crippen LogP contribution in [0.15, 0.2) is 107 Å². The molecule has 0 aliphatic heterocycles. The highest BCUT2D eigenvalue weighted by Gasteiger charge is 2.17. The molecular formula is C40H52BF4N2O2-. The number of hydrogen-bond acceptors (Lipinski definition) is 4. The van der Waals surface area contributed by atoms with E-state index in [-0.39, 0.29) is 10.1 Å². The molecule has 0 atom stereocenters. The third-order valence-electron chi connectivity index (χ3n) is 7.70. The van der Waals surface area contributed by atoms with E-state index in [4.69, 9.17) is 4.74 Å². The topological polar surface area (TPSA) is 50.4 Å². The predicted octanol–water partition coefficient (Wildman–Crippen LogP) is 9.03. The molecule has 0 amide bonds. The van der Waals surface area contributed by atoms with Crippen LogP contribution in [0.4, 0.5) is 30.0 Å². The van der Waals surface area contributed by atoms with Crippen LogP contribution in [-0.2, 0) is 4.74 Å². The number of rotatable bonds is 10. The molecule has 9 heteroatoms. The zero-order valence-corrected chi connectivity index (χ0v) is 30.3. The Morgan fingerprint density at radius 1 is 0.673 bits per heavy atom. The SMILES string of the molecule is CC(C)c1cccc(C(C)C)c1Nc1cccccc1=O.CCOC1=C(Nc2c(C(C)C)cccc2C(C)C)C=CC=CC1.FB(F)F.[F-]. The van der Waals surface area contributed by atoms with Gasteiger partial charge in [0.05, 0.1) is 18.0 Å². The van der Waals surface area contributed by atoms with E-state index in [0.29, 0.717) is 36.0 Å². The van der Waals surface area contributed by atoms with Gasteiger partial charge in [0.2, 0.25) is 5.43 Å². The molecule has 3 aromatic rings. The summed E-state index contributed by atoms with van der Waals surface area (Å²) in [6.07, 6.45) is 9.21. The van der Waals surface area contributed by atoms with Gasteiger partial charge in [-0.25, -0.2) is 0 Å². The summed E-state index contributed by atoms with van der Waals surface area (Å²) in [6.45, 7) is 20.4. The Kier molecular flexibility index (Phi) is 18.9. The maximum absolute atomic E-state index is 12.1. The summed E-state index contributed by atoms with van der Waals surface area (Å²) < 4.78 is 34.9. The van der Waals surface area contributed by atoms with Gasteiger partial charge in [0.15, 0.2) is 0 Å². The van der Waals surface area contributed by atoms with E-state index >= 15 is 0 Å². The first-order chi connectivity index (χ1) is 22.8. The van der Waals surface area contributed by atoms with E-state index in [2.05, 4.69) is 127 Å². The van der Waals surface area contributed by atoms with E-state index in [9.17, 15) is 17.7 Å². The van der Waals surface area contributed by atoms with Gasteiger partial charge in [-0.2, -0.15) is 0 Å². The van der Waals surface area contributed by atoms with Crippen LogP contribution in [0.25, 0.3) is 0 Å². The maximum atomic E-state index is 12.1. The zero-order chi connectivity index (χ0) is 35.8. The molecule has 0 bridgehead atoms. The molecule has 2 N–H and O–H groups in total. The minimum atomic E-state index is -3.67. The summed E-state index contributed by atoms with van der Waals surface area (Å²) in [7, 11) is -3.67.